The predicted molar refractivity (Wildman–Crippen MR) is 53.2 cm³/mol. The number of aromatic nitrogens is 2. The zero-order valence-corrected chi connectivity index (χ0v) is 7.50. The summed E-state index contributed by atoms with van der Waals surface area (Å²) >= 11 is 0. The molecule has 2 heterocycles. The van der Waals surface area contributed by atoms with Gasteiger partial charge in [0, 0.05) is 44.3 Å². The number of rotatable bonds is 4. The minimum Gasteiger partial charge on any atom is -0.354 e. The van der Waals surface area contributed by atoms with Gasteiger partial charge in [-0.05, 0) is 24.3 Å². The van der Waals surface area contributed by atoms with Crippen molar-refractivity contribution >= 4 is 0 Å². The third-order valence-electron chi connectivity index (χ3n) is 2.01. The highest BCUT2D eigenvalue weighted by Gasteiger charge is 1.91. The summed E-state index contributed by atoms with van der Waals surface area (Å²) in [7, 11) is 0. The van der Waals surface area contributed by atoms with Crippen molar-refractivity contribution in [2.45, 2.75) is 13.1 Å². The maximum Gasteiger partial charge on any atom is 0.0268 e. The second kappa shape index (κ2) is 3.99. The molecule has 0 saturated carbocycles. The molecule has 0 N–H and O–H groups in total. The van der Waals surface area contributed by atoms with E-state index < -0.39 is 0 Å². The summed E-state index contributed by atoms with van der Waals surface area (Å²) in [6.45, 7) is 1.95. The quantitative estimate of drug-likeness (QED) is 0.670. The van der Waals surface area contributed by atoms with E-state index in [0.29, 0.717) is 0 Å². The third kappa shape index (κ3) is 2.25. The molecule has 2 heteroatoms. The summed E-state index contributed by atoms with van der Waals surface area (Å²) in [5, 5.41) is 0. The van der Waals surface area contributed by atoms with Gasteiger partial charge in [0.1, 0.15) is 0 Å². The molecule has 13 heavy (non-hydrogen) atoms. The maximum absolute atomic E-state index is 2.25. The van der Waals surface area contributed by atoms with E-state index in [1.807, 2.05) is 24.3 Å². The van der Waals surface area contributed by atoms with Crippen LogP contribution in [0.1, 0.15) is 0 Å². The van der Waals surface area contributed by atoms with Gasteiger partial charge < -0.3 is 9.13 Å². The van der Waals surface area contributed by atoms with E-state index in [1.165, 1.54) is 0 Å². The van der Waals surface area contributed by atoms with Crippen molar-refractivity contribution in [2.75, 3.05) is 0 Å². The van der Waals surface area contributed by atoms with Gasteiger partial charge in [0.25, 0.3) is 0 Å². The molecule has 1 radical (unpaired) electrons. The first-order chi connectivity index (χ1) is 6.45. The van der Waals surface area contributed by atoms with Crippen LogP contribution >= 0.6 is 0 Å². The summed E-state index contributed by atoms with van der Waals surface area (Å²) in [5.41, 5.74) is 0. The molecule has 2 nitrogen and oxygen atoms in total. The van der Waals surface area contributed by atoms with Crippen LogP contribution in [0, 0.1) is 6.42 Å². The van der Waals surface area contributed by atoms with E-state index in [4.69, 9.17) is 0 Å². The minimum absolute atomic E-state index is 0.977. The number of hydrogen-bond donors (Lipinski definition) is 0. The molecule has 67 valence electrons. The second-order valence-corrected chi connectivity index (χ2v) is 3.05. The summed E-state index contributed by atoms with van der Waals surface area (Å²) in [6, 6.07) is 8.18. The lowest BCUT2D eigenvalue weighted by atomic mass is 10.4. The van der Waals surface area contributed by atoms with Gasteiger partial charge in [-0.15, -0.1) is 0 Å². The van der Waals surface area contributed by atoms with Crippen LogP contribution in [-0.2, 0) is 13.1 Å². The van der Waals surface area contributed by atoms with Gasteiger partial charge in [-0.2, -0.15) is 0 Å². The van der Waals surface area contributed by atoms with Crippen molar-refractivity contribution in [3.8, 4) is 0 Å². The molecule has 0 spiro atoms. The zero-order chi connectivity index (χ0) is 8.93. The Balaban J connectivity index is 1.76. The molecule has 2 rings (SSSR count). The highest BCUT2D eigenvalue weighted by Crippen LogP contribution is 1.96. The fourth-order valence-electron chi connectivity index (χ4n) is 1.34. The van der Waals surface area contributed by atoms with Crippen molar-refractivity contribution in [3.05, 3.63) is 55.5 Å². The molecule has 0 aliphatic rings. The van der Waals surface area contributed by atoms with Crippen LogP contribution in [0.25, 0.3) is 0 Å². The molecule has 0 aromatic carbocycles. The van der Waals surface area contributed by atoms with Gasteiger partial charge >= 0.3 is 0 Å². The SMILES string of the molecule is [CH](Cn1cccc1)Cn1cccc1. The summed E-state index contributed by atoms with van der Waals surface area (Å²) in [6.07, 6.45) is 10.6. The molecule has 0 fully saturated rings. The van der Waals surface area contributed by atoms with E-state index in [-0.39, 0.29) is 0 Å². The first-order valence-corrected chi connectivity index (χ1v) is 4.48. The molecule has 0 amide bonds. The van der Waals surface area contributed by atoms with Crippen molar-refractivity contribution in [1.29, 1.82) is 0 Å². The van der Waals surface area contributed by atoms with Crippen LogP contribution in [0.2, 0.25) is 0 Å². The monoisotopic (exact) mass is 173 g/mol. The Labute approximate surface area is 78.4 Å². The first kappa shape index (κ1) is 8.17. The second-order valence-electron chi connectivity index (χ2n) is 3.05. The smallest absolute Gasteiger partial charge is 0.0268 e. The van der Waals surface area contributed by atoms with Gasteiger partial charge in [-0.1, -0.05) is 0 Å². The van der Waals surface area contributed by atoms with E-state index >= 15 is 0 Å². The average Bonchev–Trinajstić information content (AvgIpc) is 2.75. The van der Waals surface area contributed by atoms with Gasteiger partial charge in [0.15, 0.2) is 0 Å². The molecule has 2 aromatic heterocycles. The van der Waals surface area contributed by atoms with Crippen LogP contribution in [-0.4, -0.2) is 9.13 Å². The van der Waals surface area contributed by atoms with E-state index in [9.17, 15) is 0 Å². The lowest BCUT2D eigenvalue weighted by Gasteiger charge is -2.03. The van der Waals surface area contributed by atoms with Crippen molar-refractivity contribution < 1.29 is 0 Å². The molecule has 0 aliphatic carbocycles. The number of nitrogens with zero attached hydrogens (tertiary/aromatic N) is 2. The maximum atomic E-state index is 2.25. The normalized spacial score (nSPS) is 10.5. The van der Waals surface area contributed by atoms with Crippen molar-refractivity contribution in [2.24, 2.45) is 0 Å². The summed E-state index contributed by atoms with van der Waals surface area (Å²) < 4.78 is 4.31. The largest absolute Gasteiger partial charge is 0.354 e. The topological polar surface area (TPSA) is 9.86 Å². The molecular formula is C11H13N2. The predicted octanol–water partition coefficient (Wildman–Crippen LogP) is 2.19. The molecule has 0 saturated heterocycles. The lowest BCUT2D eigenvalue weighted by Crippen LogP contribution is -2.01. The standard InChI is InChI=1S/C11H13N2/c1-2-7-12(6-1)10-5-11-13-8-3-4-9-13/h1-9H,10-11H2. The summed E-state index contributed by atoms with van der Waals surface area (Å²) in [5.74, 6) is 0. The number of hydrogen-bond acceptors (Lipinski definition) is 0. The van der Waals surface area contributed by atoms with Gasteiger partial charge in [0.05, 0.1) is 0 Å². The Bertz CT molecular complexity index is 285. The van der Waals surface area contributed by atoms with Gasteiger partial charge in [-0.25, -0.2) is 0 Å². The Morgan fingerprint density at radius 2 is 1.08 bits per heavy atom. The molecule has 0 unspecified atom stereocenters. The Morgan fingerprint density at radius 3 is 1.46 bits per heavy atom. The van der Waals surface area contributed by atoms with Crippen LogP contribution in [0.3, 0.4) is 0 Å². The van der Waals surface area contributed by atoms with Crippen molar-refractivity contribution in [1.82, 2.24) is 9.13 Å². The van der Waals surface area contributed by atoms with Crippen molar-refractivity contribution in [3.63, 3.8) is 0 Å². The van der Waals surface area contributed by atoms with Gasteiger partial charge in [0.2, 0.25) is 0 Å². The molecular weight excluding hydrogens is 160 g/mol. The molecule has 0 atom stereocenters. The van der Waals surface area contributed by atoms with E-state index in [2.05, 4.69) is 40.3 Å². The fourth-order valence-corrected chi connectivity index (χ4v) is 1.34. The molecule has 0 bridgehead atoms. The molecule has 2 aromatic rings. The van der Waals surface area contributed by atoms with Crippen LogP contribution < -0.4 is 0 Å². The Kier molecular flexibility index (Phi) is 2.51. The highest BCUT2D eigenvalue weighted by molar-refractivity contribution is 4.93. The van der Waals surface area contributed by atoms with E-state index in [0.717, 1.165) is 13.1 Å². The third-order valence-corrected chi connectivity index (χ3v) is 2.01. The fraction of sp³-hybridized carbons (Fsp3) is 0.182. The van der Waals surface area contributed by atoms with E-state index in [1.54, 1.807) is 0 Å². The van der Waals surface area contributed by atoms with Crippen LogP contribution in [0.5, 0.6) is 0 Å². The highest BCUT2D eigenvalue weighted by atomic mass is 15.0. The Hall–Kier alpha value is -1.44. The summed E-state index contributed by atoms with van der Waals surface area (Å²) in [4.78, 5) is 0. The minimum atomic E-state index is 0.977. The first-order valence-electron chi connectivity index (χ1n) is 4.48. The van der Waals surface area contributed by atoms with Crippen LogP contribution in [0.4, 0.5) is 0 Å². The lowest BCUT2D eigenvalue weighted by molar-refractivity contribution is 0.685. The Morgan fingerprint density at radius 1 is 0.692 bits per heavy atom. The van der Waals surface area contributed by atoms with Crippen LogP contribution in [0.15, 0.2) is 49.1 Å². The average molecular weight is 173 g/mol. The van der Waals surface area contributed by atoms with Gasteiger partial charge in [-0.3, -0.25) is 0 Å². The molecule has 0 aliphatic heterocycles. The zero-order valence-electron chi connectivity index (χ0n) is 7.50.